The highest BCUT2D eigenvalue weighted by molar-refractivity contribution is 8.04. The molecule has 0 saturated heterocycles. The molecular weight excluding hydrogens is 885 g/mol. The third kappa shape index (κ3) is 12.2. The SMILES string of the molecule is CN(C)CCS(=O)(=O)c1ccc(N=Nc2c(N)ccc3c(O)c(N=Nc4ccc(SC#COOS(=O)(=O)O)cc4S(=O)(=O)O)c(SOOO)cc23)c(S(=O)(=O)O)c1. The van der Waals surface area contributed by atoms with E-state index < -0.39 is 78.0 Å². The van der Waals surface area contributed by atoms with E-state index in [1.165, 1.54) is 24.3 Å². The molecule has 4 rings (SSSR count). The molecule has 0 spiro atoms. The van der Waals surface area contributed by atoms with E-state index in [2.05, 4.69) is 44.3 Å². The number of hydrogen-bond donors (Lipinski definition) is 6. The zero-order valence-corrected chi connectivity index (χ0v) is 33.4. The van der Waals surface area contributed by atoms with Crippen LogP contribution < -0.4 is 5.73 Å². The highest BCUT2D eigenvalue weighted by Crippen LogP contribution is 2.48. The lowest BCUT2D eigenvalue weighted by Gasteiger charge is -2.12. The van der Waals surface area contributed by atoms with E-state index in [1.54, 1.807) is 25.1 Å². The third-order valence-electron chi connectivity index (χ3n) is 6.86. The molecule has 0 bridgehead atoms. The number of phenolic OH excluding ortho intramolecular Hbond substituents is 1. The molecule has 0 unspecified atom stereocenters. The van der Waals surface area contributed by atoms with Crippen LogP contribution in [0, 0.1) is 11.4 Å². The Kier molecular flexibility index (Phi) is 14.6. The minimum Gasteiger partial charge on any atom is -0.505 e. The summed E-state index contributed by atoms with van der Waals surface area (Å²) in [5.41, 5.74) is 4.45. The first kappa shape index (κ1) is 45.2. The smallest absolute Gasteiger partial charge is 0.433 e. The van der Waals surface area contributed by atoms with Crippen molar-refractivity contribution in [3.05, 3.63) is 54.6 Å². The van der Waals surface area contributed by atoms with Gasteiger partial charge in [-0.15, -0.1) is 24.8 Å². The summed E-state index contributed by atoms with van der Waals surface area (Å²) in [5, 5.41) is 41.6. The number of benzene rings is 4. The van der Waals surface area contributed by atoms with Gasteiger partial charge in [-0.2, -0.15) is 25.3 Å². The zero-order chi connectivity index (χ0) is 42.3. The average molecular weight is 911 g/mol. The van der Waals surface area contributed by atoms with Crippen molar-refractivity contribution in [2.45, 2.75) is 24.5 Å². The summed E-state index contributed by atoms with van der Waals surface area (Å²) in [6.45, 7) is 0.117. The molecule has 0 aliphatic rings. The lowest BCUT2D eigenvalue weighted by atomic mass is 10.1. The van der Waals surface area contributed by atoms with Crippen LogP contribution in [0.1, 0.15) is 0 Å². The van der Waals surface area contributed by atoms with Crippen LogP contribution in [0.2, 0.25) is 0 Å². The lowest BCUT2D eigenvalue weighted by molar-refractivity contribution is -0.432. The Morgan fingerprint density at radius 2 is 1.40 bits per heavy atom. The van der Waals surface area contributed by atoms with Crippen molar-refractivity contribution in [1.82, 2.24) is 4.90 Å². The number of fused-ring (bicyclic) bond motifs is 1. The van der Waals surface area contributed by atoms with Gasteiger partial charge in [-0.25, -0.2) is 13.7 Å². The summed E-state index contributed by atoms with van der Waals surface area (Å²) in [5.74, 6) is -1.04. The van der Waals surface area contributed by atoms with E-state index in [1.807, 2.05) is 0 Å². The highest BCUT2D eigenvalue weighted by Gasteiger charge is 2.24. The number of aromatic hydroxyl groups is 1. The van der Waals surface area contributed by atoms with Gasteiger partial charge >= 0.3 is 10.4 Å². The topological polar surface area (TPSA) is 353 Å². The Labute approximate surface area is 331 Å². The maximum absolute atomic E-state index is 12.8. The van der Waals surface area contributed by atoms with Crippen molar-refractivity contribution in [3.63, 3.8) is 0 Å². The fourth-order valence-corrected chi connectivity index (χ4v) is 8.33. The summed E-state index contributed by atoms with van der Waals surface area (Å²) in [7, 11) is -15.7. The average Bonchev–Trinajstić information content (AvgIpc) is 3.11. The molecule has 0 aromatic heterocycles. The predicted molar refractivity (Wildman–Crippen MR) is 200 cm³/mol. The van der Waals surface area contributed by atoms with Crippen molar-refractivity contribution in [2.24, 2.45) is 20.5 Å². The molecule has 0 amide bonds. The van der Waals surface area contributed by atoms with Crippen LogP contribution in [0.3, 0.4) is 0 Å². The Bertz CT molecular complexity index is 2770. The molecule has 0 aliphatic heterocycles. The monoisotopic (exact) mass is 910 g/mol. The number of nitrogens with zero attached hydrogens (tertiary/aromatic N) is 5. The largest absolute Gasteiger partial charge is 0.505 e. The molecule has 23 nitrogen and oxygen atoms in total. The zero-order valence-electron chi connectivity index (χ0n) is 28.5. The molecular formula is C28H26N6O17S6. The summed E-state index contributed by atoms with van der Waals surface area (Å²) in [6.07, 6.45) is 1.75. The number of phenols is 1. The molecule has 0 aliphatic carbocycles. The fraction of sp³-hybridized carbons (Fsp3) is 0.143. The molecule has 0 atom stereocenters. The van der Waals surface area contributed by atoms with Crippen LogP contribution in [0.15, 0.2) is 99.5 Å². The summed E-state index contributed by atoms with van der Waals surface area (Å²) in [6, 6.07) is 9.78. The van der Waals surface area contributed by atoms with Crippen molar-refractivity contribution in [3.8, 4) is 17.1 Å². The molecule has 57 heavy (non-hydrogen) atoms. The number of nitrogen functional groups attached to an aromatic ring is 1. The Hall–Kier alpha value is -4.52. The summed E-state index contributed by atoms with van der Waals surface area (Å²) >= 11 is 0.818. The minimum atomic E-state index is -5.06. The molecule has 0 fully saturated rings. The van der Waals surface area contributed by atoms with E-state index in [9.17, 15) is 47.9 Å². The number of hydrogen-bond acceptors (Lipinski definition) is 22. The maximum atomic E-state index is 12.8. The first-order valence-electron chi connectivity index (χ1n) is 14.7. The van der Waals surface area contributed by atoms with Crippen LogP contribution in [-0.2, 0) is 59.1 Å². The van der Waals surface area contributed by atoms with Crippen LogP contribution in [0.5, 0.6) is 5.75 Å². The molecule has 7 N–H and O–H groups in total. The molecule has 0 radical (unpaired) electrons. The van der Waals surface area contributed by atoms with Gasteiger partial charge in [0.05, 0.1) is 33.3 Å². The van der Waals surface area contributed by atoms with Gasteiger partial charge in [0.15, 0.2) is 21.7 Å². The van der Waals surface area contributed by atoms with Crippen LogP contribution >= 0.6 is 23.8 Å². The number of azo groups is 2. The Balaban J connectivity index is 1.79. The number of rotatable bonds is 16. The third-order valence-corrected chi connectivity index (χ3v) is 11.9. The second-order valence-corrected chi connectivity index (χ2v) is 18.5. The van der Waals surface area contributed by atoms with Gasteiger partial charge in [0, 0.05) is 27.5 Å². The van der Waals surface area contributed by atoms with Crippen LogP contribution in [0.25, 0.3) is 10.8 Å². The standard InChI is InChI=1S/C28H26N6O17S6/c1-34(2)9-12-54(37,38)17-4-8-22(25(14-17)56(42,43)44)30-32-26-19-15-23(53-50-49-36)27(28(35)18(19)5-6-20(26)29)33-31-21-7-3-16(13-24(21)55(39,40)41)52-11-10-48-51-57(45,46)47/h3-8,13-15,35-36H,9,12,29H2,1-2H3,(H,39,40,41)(H,42,43,44)(H,45,46,47). The maximum Gasteiger partial charge on any atom is 0.433 e. The van der Waals surface area contributed by atoms with E-state index in [4.69, 9.17) is 15.5 Å². The van der Waals surface area contributed by atoms with E-state index >= 15 is 0 Å². The van der Waals surface area contributed by atoms with E-state index in [-0.39, 0.29) is 56.3 Å². The normalized spacial score (nSPS) is 12.8. The molecule has 4 aromatic rings. The summed E-state index contributed by atoms with van der Waals surface area (Å²) in [4.78, 5) is 3.28. The molecule has 4 aromatic carbocycles. The van der Waals surface area contributed by atoms with Crippen LogP contribution in [-0.4, -0.2) is 89.0 Å². The van der Waals surface area contributed by atoms with Gasteiger partial charge in [-0.05, 0) is 84.8 Å². The predicted octanol–water partition coefficient (Wildman–Crippen LogP) is 4.98. The first-order valence-corrected chi connectivity index (χ1v) is 22.1. The second kappa shape index (κ2) is 18.4. The number of nitrogens with two attached hydrogens (primary N) is 1. The molecule has 0 saturated carbocycles. The van der Waals surface area contributed by atoms with Gasteiger partial charge in [-0.1, -0.05) is 5.04 Å². The molecule has 0 heterocycles. The van der Waals surface area contributed by atoms with Gasteiger partial charge in [0.25, 0.3) is 20.2 Å². The quantitative estimate of drug-likeness (QED) is 0.0126. The molecule has 29 heteroatoms. The Morgan fingerprint density at radius 1 is 0.789 bits per heavy atom. The fourth-order valence-electron chi connectivity index (χ4n) is 4.35. The lowest BCUT2D eigenvalue weighted by Crippen LogP contribution is -2.22. The van der Waals surface area contributed by atoms with Crippen molar-refractivity contribution >= 4 is 103 Å². The van der Waals surface area contributed by atoms with Crippen molar-refractivity contribution in [1.29, 1.82) is 0 Å². The first-order chi connectivity index (χ1) is 26.5. The Morgan fingerprint density at radius 3 is 2.00 bits per heavy atom. The van der Waals surface area contributed by atoms with Gasteiger partial charge in [-0.3, -0.25) is 18.5 Å². The highest BCUT2D eigenvalue weighted by atomic mass is 32.3. The number of anilines is 1. The van der Waals surface area contributed by atoms with E-state index in [0.717, 1.165) is 30.3 Å². The van der Waals surface area contributed by atoms with Gasteiger partial charge < -0.3 is 15.7 Å². The number of thioether (sulfide) groups is 1. The number of sulfone groups is 1. The van der Waals surface area contributed by atoms with Gasteiger partial charge in [0.2, 0.25) is 0 Å². The van der Waals surface area contributed by atoms with Crippen molar-refractivity contribution < 1.29 is 76.3 Å². The summed E-state index contributed by atoms with van der Waals surface area (Å²) < 4.78 is 132. The second-order valence-electron chi connectivity index (χ2n) is 11.0. The molecule has 306 valence electrons. The van der Waals surface area contributed by atoms with Crippen molar-refractivity contribution in [2.75, 3.05) is 32.1 Å². The van der Waals surface area contributed by atoms with Gasteiger partial charge in [0.1, 0.15) is 32.5 Å². The minimum absolute atomic E-state index is 0.0115. The van der Waals surface area contributed by atoms with E-state index in [0.29, 0.717) is 11.8 Å². The van der Waals surface area contributed by atoms with Crippen LogP contribution in [0.4, 0.5) is 28.4 Å².